The predicted molar refractivity (Wildman–Crippen MR) is 59.5 cm³/mol. The van der Waals surface area contributed by atoms with Crippen molar-refractivity contribution in [1.29, 1.82) is 0 Å². The van der Waals surface area contributed by atoms with Crippen LogP contribution >= 0.6 is 0 Å². The third-order valence-corrected chi connectivity index (χ3v) is 2.36. The van der Waals surface area contributed by atoms with E-state index in [1.54, 1.807) is 36.6 Å². The standard InChI is InChI=1S/C13H8O4/c14-8-9-3-4-12(16-9)13-6-5-11(17-13)10-2-1-7-15-10/h1-8H. The van der Waals surface area contributed by atoms with Crippen molar-refractivity contribution in [3.63, 3.8) is 0 Å². The van der Waals surface area contributed by atoms with E-state index in [1.165, 1.54) is 0 Å². The van der Waals surface area contributed by atoms with E-state index in [9.17, 15) is 4.79 Å². The van der Waals surface area contributed by atoms with E-state index in [4.69, 9.17) is 13.3 Å². The molecule has 0 aliphatic carbocycles. The molecule has 0 atom stereocenters. The first kappa shape index (κ1) is 9.72. The lowest BCUT2D eigenvalue weighted by Crippen LogP contribution is -1.69. The van der Waals surface area contributed by atoms with E-state index in [-0.39, 0.29) is 5.76 Å². The zero-order valence-corrected chi connectivity index (χ0v) is 8.75. The Balaban J connectivity index is 1.97. The number of furan rings is 3. The molecule has 0 amide bonds. The van der Waals surface area contributed by atoms with Crippen LogP contribution in [-0.4, -0.2) is 6.29 Å². The molecule has 3 aromatic heterocycles. The van der Waals surface area contributed by atoms with E-state index in [2.05, 4.69) is 0 Å². The van der Waals surface area contributed by atoms with Gasteiger partial charge >= 0.3 is 0 Å². The second-order valence-corrected chi connectivity index (χ2v) is 3.46. The molecular formula is C13H8O4. The van der Waals surface area contributed by atoms with Crippen LogP contribution in [0.5, 0.6) is 0 Å². The molecule has 4 nitrogen and oxygen atoms in total. The van der Waals surface area contributed by atoms with Gasteiger partial charge in [0.05, 0.1) is 6.26 Å². The van der Waals surface area contributed by atoms with Crippen molar-refractivity contribution < 1.29 is 18.0 Å². The second-order valence-electron chi connectivity index (χ2n) is 3.46. The Morgan fingerprint density at radius 1 is 0.824 bits per heavy atom. The van der Waals surface area contributed by atoms with Crippen LogP contribution in [0.25, 0.3) is 23.0 Å². The molecule has 3 rings (SSSR count). The molecule has 0 bridgehead atoms. The van der Waals surface area contributed by atoms with Gasteiger partial charge in [0.15, 0.2) is 35.1 Å². The van der Waals surface area contributed by atoms with E-state index in [1.807, 2.05) is 6.07 Å². The van der Waals surface area contributed by atoms with Crippen molar-refractivity contribution in [3.05, 3.63) is 48.4 Å². The molecule has 17 heavy (non-hydrogen) atoms. The lowest BCUT2D eigenvalue weighted by atomic mass is 10.3. The first-order valence-electron chi connectivity index (χ1n) is 5.06. The Hall–Kier alpha value is -2.49. The summed E-state index contributed by atoms with van der Waals surface area (Å²) in [5.41, 5.74) is 0. The number of rotatable bonds is 3. The summed E-state index contributed by atoms with van der Waals surface area (Å²) in [7, 11) is 0. The van der Waals surface area contributed by atoms with Crippen LogP contribution in [0.2, 0.25) is 0 Å². The lowest BCUT2D eigenvalue weighted by Gasteiger charge is -1.91. The highest BCUT2D eigenvalue weighted by Crippen LogP contribution is 2.29. The van der Waals surface area contributed by atoms with Crippen molar-refractivity contribution in [1.82, 2.24) is 0 Å². The predicted octanol–water partition coefficient (Wildman–Crippen LogP) is 3.61. The molecule has 3 heterocycles. The van der Waals surface area contributed by atoms with Crippen LogP contribution in [0, 0.1) is 0 Å². The van der Waals surface area contributed by atoms with Gasteiger partial charge < -0.3 is 13.3 Å². The monoisotopic (exact) mass is 228 g/mol. The first-order valence-corrected chi connectivity index (χ1v) is 5.06. The maximum absolute atomic E-state index is 10.5. The van der Waals surface area contributed by atoms with Crippen LogP contribution < -0.4 is 0 Å². The smallest absolute Gasteiger partial charge is 0.185 e. The van der Waals surface area contributed by atoms with E-state index in [0.29, 0.717) is 29.3 Å². The van der Waals surface area contributed by atoms with Crippen LogP contribution in [0.15, 0.2) is 55.9 Å². The maximum Gasteiger partial charge on any atom is 0.185 e. The van der Waals surface area contributed by atoms with E-state index in [0.717, 1.165) is 0 Å². The third-order valence-electron chi connectivity index (χ3n) is 2.36. The normalized spacial score (nSPS) is 10.6. The minimum Gasteiger partial charge on any atom is -0.461 e. The summed E-state index contributed by atoms with van der Waals surface area (Å²) in [6, 6.07) is 10.4. The summed E-state index contributed by atoms with van der Waals surface area (Å²) in [6.07, 6.45) is 2.23. The number of carbonyl (C=O) groups excluding carboxylic acids is 1. The van der Waals surface area contributed by atoms with Crippen LogP contribution in [-0.2, 0) is 0 Å². The van der Waals surface area contributed by atoms with Gasteiger partial charge in [-0.05, 0) is 36.4 Å². The molecule has 0 spiro atoms. The topological polar surface area (TPSA) is 56.5 Å². The zero-order valence-electron chi connectivity index (χ0n) is 8.75. The van der Waals surface area contributed by atoms with E-state index >= 15 is 0 Å². The van der Waals surface area contributed by atoms with Gasteiger partial charge in [-0.2, -0.15) is 0 Å². The van der Waals surface area contributed by atoms with Crippen molar-refractivity contribution in [2.75, 3.05) is 0 Å². The molecule has 3 aromatic rings. The van der Waals surface area contributed by atoms with Gasteiger partial charge in [-0.1, -0.05) is 0 Å². The van der Waals surface area contributed by atoms with Gasteiger partial charge in [0.1, 0.15) is 0 Å². The fourth-order valence-electron chi connectivity index (χ4n) is 1.57. The Labute approximate surface area is 96.5 Å². The maximum atomic E-state index is 10.5. The molecule has 0 aromatic carbocycles. The SMILES string of the molecule is O=Cc1ccc(-c2ccc(-c3ccco3)o2)o1. The highest BCUT2D eigenvalue weighted by Gasteiger charge is 2.11. The summed E-state index contributed by atoms with van der Waals surface area (Å²) in [5.74, 6) is 2.62. The summed E-state index contributed by atoms with van der Waals surface area (Å²) in [5, 5.41) is 0. The molecule has 0 saturated heterocycles. The minimum atomic E-state index is 0.274. The molecule has 0 radical (unpaired) electrons. The number of carbonyl (C=O) groups is 1. The van der Waals surface area contributed by atoms with Gasteiger partial charge in [-0.25, -0.2) is 0 Å². The summed E-state index contributed by atoms with van der Waals surface area (Å²) < 4.78 is 16.0. The van der Waals surface area contributed by atoms with Crippen LogP contribution in [0.1, 0.15) is 10.6 Å². The number of hydrogen-bond donors (Lipinski definition) is 0. The van der Waals surface area contributed by atoms with E-state index < -0.39 is 0 Å². The average Bonchev–Trinajstić information content (AvgIpc) is 3.09. The van der Waals surface area contributed by atoms with Gasteiger partial charge in [-0.15, -0.1) is 0 Å². The summed E-state index contributed by atoms with van der Waals surface area (Å²) >= 11 is 0. The molecule has 4 heteroatoms. The Kier molecular flexibility index (Phi) is 2.19. The molecule has 0 aliphatic heterocycles. The summed E-state index contributed by atoms with van der Waals surface area (Å²) in [4.78, 5) is 10.5. The van der Waals surface area contributed by atoms with Gasteiger partial charge in [0, 0.05) is 0 Å². The second kappa shape index (κ2) is 3.83. The first-order chi connectivity index (χ1) is 8.36. The Morgan fingerprint density at radius 2 is 1.53 bits per heavy atom. The zero-order chi connectivity index (χ0) is 11.7. The number of aldehydes is 1. The molecule has 0 unspecified atom stereocenters. The molecular weight excluding hydrogens is 220 g/mol. The van der Waals surface area contributed by atoms with Gasteiger partial charge in [0.25, 0.3) is 0 Å². The van der Waals surface area contributed by atoms with Crippen molar-refractivity contribution >= 4 is 6.29 Å². The molecule has 0 saturated carbocycles. The lowest BCUT2D eigenvalue weighted by molar-refractivity contribution is 0.110. The highest BCUT2D eigenvalue weighted by atomic mass is 16.4. The molecule has 0 fully saturated rings. The molecule has 84 valence electrons. The van der Waals surface area contributed by atoms with Gasteiger partial charge in [-0.3, -0.25) is 4.79 Å². The van der Waals surface area contributed by atoms with Crippen molar-refractivity contribution in [3.8, 4) is 23.0 Å². The largest absolute Gasteiger partial charge is 0.461 e. The average molecular weight is 228 g/mol. The van der Waals surface area contributed by atoms with Crippen LogP contribution in [0.3, 0.4) is 0 Å². The third kappa shape index (κ3) is 1.69. The fourth-order valence-corrected chi connectivity index (χ4v) is 1.57. The number of hydrogen-bond acceptors (Lipinski definition) is 4. The van der Waals surface area contributed by atoms with Crippen molar-refractivity contribution in [2.45, 2.75) is 0 Å². The van der Waals surface area contributed by atoms with Gasteiger partial charge in [0.2, 0.25) is 0 Å². The summed E-state index contributed by atoms with van der Waals surface area (Å²) in [6.45, 7) is 0. The fraction of sp³-hybridized carbons (Fsp3) is 0. The molecule has 0 aliphatic rings. The highest BCUT2D eigenvalue weighted by molar-refractivity contribution is 5.72. The quantitative estimate of drug-likeness (QED) is 0.642. The Morgan fingerprint density at radius 3 is 2.18 bits per heavy atom. The van der Waals surface area contributed by atoms with Crippen LogP contribution in [0.4, 0.5) is 0 Å². The van der Waals surface area contributed by atoms with Crippen molar-refractivity contribution in [2.24, 2.45) is 0 Å². The Bertz CT molecular complexity index is 628. The minimum absolute atomic E-state index is 0.274. The molecule has 0 N–H and O–H groups in total.